The minimum Gasteiger partial charge on any atom is -0.342 e. The fraction of sp³-hybridized carbons (Fsp3) is 0.263. The van der Waals surface area contributed by atoms with Crippen LogP contribution in [-0.4, -0.2) is 28.8 Å². The van der Waals surface area contributed by atoms with Crippen molar-refractivity contribution in [3.05, 3.63) is 71.3 Å². The third-order valence-electron chi connectivity index (χ3n) is 4.73. The number of piperazine rings is 1. The molecule has 0 aliphatic carbocycles. The summed E-state index contributed by atoms with van der Waals surface area (Å²) in [5, 5.41) is 2.91. The van der Waals surface area contributed by atoms with Gasteiger partial charge in [-0.15, -0.1) is 0 Å². The topological polar surface area (TPSA) is 49.4 Å². The Morgan fingerprint density at radius 3 is 2.43 bits per heavy atom. The van der Waals surface area contributed by atoms with Gasteiger partial charge in [-0.25, -0.2) is 0 Å². The van der Waals surface area contributed by atoms with Gasteiger partial charge in [-0.2, -0.15) is 0 Å². The molecule has 4 nitrogen and oxygen atoms in total. The summed E-state index contributed by atoms with van der Waals surface area (Å²) in [5.41, 5.74) is 3.37. The van der Waals surface area contributed by atoms with Crippen LogP contribution in [0.4, 0.5) is 0 Å². The van der Waals surface area contributed by atoms with E-state index < -0.39 is 6.04 Å². The molecule has 0 radical (unpaired) electrons. The Labute approximate surface area is 135 Å². The second-order valence-electron chi connectivity index (χ2n) is 6.21. The van der Waals surface area contributed by atoms with Crippen LogP contribution in [0.1, 0.15) is 16.7 Å². The summed E-state index contributed by atoms with van der Waals surface area (Å²) in [6.07, 6.45) is 1.14. The van der Waals surface area contributed by atoms with Crippen molar-refractivity contribution in [3.63, 3.8) is 0 Å². The van der Waals surface area contributed by atoms with Crippen molar-refractivity contribution in [2.75, 3.05) is 0 Å². The van der Waals surface area contributed by atoms with Gasteiger partial charge < -0.3 is 10.2 Å². The van der Waals surface area contributed by atoms with Crippen LogP contribution in [0.5, 0.6) is 0 Å². The lowest BCUT2D eigenvalue weighted by Crippen LogP contribution is -2.65. The average molecular weight is 306 g/mol. The molecule has 2 amide bonds. The SMILES string of the molecule is O=C1N[C@H](Cc2ccccc2)C(=O)N2Cc3ccccc3C[C@@H]12. The molecule has 0 spiro atoms. The Bertz CT molecular complexity index is 757. The van der Waals surface area contributed by atoms with Gasteiger partial charge in [0.15, 0.2) is 0 Å². The first-order valence-corrected chi connectivity index (χ1v) is 7.94. The molecule has 2 atom stereocenters. The highest BCUT2D eigenvalue weighted by Gasteiger charge is 2.42. The first-order valence-electron chi connectivity index (χ1n) is 7.94. The number of carbonyl (C=O) groups is 2. The zero-order valence-electron chi connectivity index (χ0n) is 12.7. The van der Waals surface area contributed by atoms with Crippen LogP contribution >= 0.6 is 0 Å². The Balaban J connectivity index is 1.59. The summed E-state index contributed by atoms with van der Waals surface area (Å²) in [7, 11) is 0. The standard InChI is InChI=1S/C19H18N2O2/c22-18-17-11-14-8-4-5-9-15(14)12-21(17)19(23)16(20-18)10-13-6-2-1-3-7-13/h1-9,16-17H,10-12H2,(H,20,22)/t16-,17+/m1/s1. The lowest BCUT2D eigenvalue weighted by Gasteiger charge is -2.42. The van der Waals surface area contributed by atoms with Crippen LogP contribution in [-0.2, 0) is 29.0 Å². The third kappa shape index (κ3) is 2.50. The minimum absolute atomic E-state index is 0.0213. The number of carbonyl (C=O) groups excluding carboxylic acids is 2. The molecule has 4 heteroatoms. The molecule has 2 aromatic rings. The molecular weight excluding hydrogens is 288 g/mol. The van der Waals surface area contributed by atoms with E-state index in [1.807, 2.05) is 54.6 Å². The van der Waals surface area contributed by atoms with Gasteiger partial charge in [-0.1, -0.05) is 54.6 Å². The Kier molecular flexibility index (Phi) is 3.37. The first kappa shape index (κ1) is 14.0. The number of hydrogen-bond acceptors (Lipinski definition) is 2. The zero-order chi connectivity index (χ0) is 15.8. The number of hydrogen-bond donors (Lipinski definition) is 1. The fourth-order valence-electron chi connectivity index (χ4n) is 3.51. The predicted molar refractivity (Wildman–Crippen MR) is 86.6 cm³/mol. The molecule has 116 valence electrons. The van der Waals surface area contributed by atoms with Crippen molar-refractivity contribution in [1.29, 1.82) is 0 Å². The van der Waals surface area contributed by atoms with Crippen LogP contribution in [0, 0.1) is 0 Å². The molecule has 23 heavy (non-hydrogen) atoms. The zero-order valence-corrected chi connectivity index (χ0v) is 12.7. The lowest BCUT2D eigenvalue weighted by molar-refractivity contribution is -0.150. The minimum atomic E-state index is -0.466. The summed E-state index contributed by atoms with van der Waals surface area (Å²) in [6, 6.07) is 17.0. The van der Waals surface area contributed by atoms with Crippen molar-refractivity contribution in [3.8, 4) is 0 Å². The molecule has 0 bridgehead atoms. The van der Waals surface area contributed by atoms with E-state index in [2.05, 4.69) is 5.32 Å². The molecule has 0 unspecified atom stereocenters. The highest BCUT2D eigenvalue weighted by Crippen LogP contribution is 2.26. The second-order valence-corrected chi connectivity index (χ2v) is 6.21. The molecule has 1 saturated heterocycles. The number of benzene rings is 2. The monoisotopic (exact) mass is 306 g/mol. The average Bonchev–Trinajstić information content (AvgIpc) is 2.59. The molecule has 0 aromatic heterocycles. The fourth-order valence-corrected chi connectivity index (χ4v) is 3.51. The maximum absolute atomic E-state index is 12.8. The van der Waals surface area contributed by atoms with E-state index in [4.69, 9.17) is 0 Å². The highest BCUT2D eigenvalue weighted by atomic mass is 16.2. The van der Waals surface area contributed by atoms with Crippen molar-refractivity contribution < 1.29 is 9.59 Å². The summed E-state index contributed by atoms with van der Waals surface area (Å²) in [4.78, 5) is 27.1. The molecular formula is C19H18N2O2. The second kappa shape index (κ2) is 5.54. The van der Waals surface area contributed by atoms with Gasteiger partial charge in [-0.3, -0.25) is 9.59 Å². The molecule has 1 N–H and O–H groups in total. The Hall–Kier alpha value is -2.62. The van der Waals surface area contributed by atoms with E-state index in [1.54, 1.807) is 4.90 Å². The van der Waals surface area contributed by atoms with Crippen molar-refractivity contribution in [2.45, 2.75) is 31.5 Å². The van der Waals surface area contributed by atoms with Crippen LogP contribution in [0.3, 0.4) is 0 Å². The number of nitrogens with one attached hydrogen (secondary N) is 1. The van der Waals surface area contributed by atoms with Gasteiger partial charge in [0.25, 0.3) is 0 Å². The van der Waals surface area contributed by atoms with E-state index >= 15 is 0 Å². The van der Waals surface area contributed by atoms with Crippen LogP contribution < -0.4 is 5.32 Å². The van der Waals surface area contributed by atoms with E-state index in [0.717, 1.165) is 11.1 Å². The van der Waals surface area contributed by atoms with E-state index in [-0.39, 0.29) is 17.9 Å². The van der Waals surface area contributed by atoms with Gasteiger partial charge in [0.2, 0.25) is 11.8 Å². The largest absolute Gasteiger partial charge is 0.342 e. The van der Waals surface area contributed by atoms with Gasteiger partial charge in [0.05, 0.1) is 0 Å². The molecule has 1 fully saturated rings. The van der Waals surface area contributed by atoms with Gasteiger partial charge >= 0.3 is 0 Å². The molecule has 0 saturated carbocycles. The van der Waals surface area contributed by atoms with Crippen molar-refractivity contribution >= 4 is 11.8 Å². The number of nitrogens with zero attached hydrogens (tertiary/aromatic N) is 1. The Morgan fingerprint density at radius 2 is 1.65 bits per heavy atom. The molecule has 4 rings (SSSR count). The number of rotatable bonds is 2. The maximum Gasteiger partial charge on any atom is 0.246 e. The van der Waals surface area contributed by atoms with Crippen molar-refractivity contribution in [2.24, 2.45) is 0 Å². The highest BCUT2D eigenvalue weighted by molar-refractivity contribution is 5.97. The van der Waals surface area contributed by atoms with Crippen molar-refractivity contribution in [1.82, 2.24) is 10.2 Å². The van der Waals surface area contributed by atoms with Gasteiger partial charge in [-0.05, 0) is 16.7 Å². The van der Waals surface area contributed by atoms with Gasteiger partial charge in [0, 0.05) is 19.4 Å². The molecule has 2 heterocycles. The lowest BCUT2D eigenvalue weighted by atomic mass is 9.90. The number of fused-ring (bicyclic) bond motifs is 2. The van der Waals surface area contributed by atoms with Crippen LogP contribution in [0.25, 0.3) is 0 Å². The van der Waals surface area contributed by atoms with Crippen LogP contribution in [0.15, 0.2) is 54.6 Å². The Morgan fingerprint density at radius 1 is 0.957 bits per heavy atom. The van der Waals surface area contributed by atoms with Crippen LogP contribution in [0.2, 0.25) is 0 Å². The summed E-state index contributed by atoms with van der Waals surface area (Å²) in [6.45, 7) is 0.526. The molecule has 2 aliphatic rings. The predicted octanol–water partition coefficient (Wildman–Crippen LogP) is 1.68. The number of amides is 2. The normalized spacial score (nSPS) is 23.0. The quantitative estimate of drug-likeness (QED) is 0.918. The van der Waals surface area contributed by atoms with E-state index in [9.17, 15) is 9.59 Å². The maximum atomic E-state index is 12.8. The summed E-state index contributed by atoms with van der Waals surface area (Å²) < 4.78 is 0. The van der Waals surface area contributed by atoms with Gasteiger partial charge in [0.1, 0.15) is 12.1 Å². The van der Waals surface area contributed by atoms with E-state index in [1.165, 1.54) is 5.56 Å². The smallest absolute Gasteiger partial charge is 0.246 e. The first-order chi connectivity index (χ1) is 11.2. The molecule has 2 aliphatic heterocycles. The van der Waals surface area contributed by atoms with E-state index in [0.29, 0.717) is 19.4 Å². The third-order valence-corrected chi connectivity index (χ3v) is 4.73. The molecule has 2 aromatic carbocycles. The summed E-state index contributed by atoms with van der Waals surface area (Å²) in [5.74, 6) is -0.0204. The summed E-state index contributed by atoms with van der Waals surface area (Å²) >= 11 is 0.